The van der Waals surface area contributed by atoms with Crippen molar-refractivity contribution < 1.29 is 13.2 Å². The molecule has 0 radical (unpaired) electrons. The van der Waals surface area contributed by atoms with Crippen LogP contribution in [0.25, 0.3) is 0 Å². The van der Waals surface area contributed by atoms with Crippen molar-refractivity contribution in [3.05, 3.63) is 34.9 Å². The molecule has 0 aromatic heterocycles. The summed E-state index contributed by atoms with van der Waals surface area (Å²) in [6, 6.07) is 5.72. The Hall–Kier alpha value is -1.36. The molecule has 1 heterocycles. The number of sulfone groups is 1. The predicted octanol–water partition coefficient (Wildman–Crippen LogP) is 2.20. The summed E-state index contributed by atoms with van der Waals surface area (Å²) in [4.78, 5) is 14.0. The van der Waals surface area contributed by atoms with Crippen molar-refractivity contribution in [2.75, 3.05) is 18.8 Å². The second-order valence-electron chi connectivity index (χ2n) is 6.43. The number of amides is 1. The van der Waals surface area contributed by atoms with Crippen LogP contribution >= 0.6 is 0 Å². The zero-order chi connectivity index (χ0) is 15.8. The largest absolute Gasteiger partial charge is 0.336 e. The predicted molar refractivity (Wildman–Crippen MR) is 84.2 cm³/mol. The third-order valence-corrected chi connectivity index (χ3v) is 6.12. The summed E-state index contributed by atoms with van der Waals surface area (Å²) < 4.78 is 24.2. The van der Waals surface area contributed by atoms with Crippen LogP contribution in [0.1, 0.15) is 35.3 Å². The standard InChI is InChI=1S/C16H23NO3S/c1-11(2)10-21(19,20)15-8-17(9-15)16(18)14-6-12(3)5-13(4)7-14/h5-7,11,15H,8-10H2,1-4H3. The van der Waals surface area contributed by atoms with E-state index in [2.05, 4.69) is 0 Å². The number of hydrogen-bond acceptors (Lipinski definition) is 3. The lowest BCUT2D eigenvalue weighted by atomic mass is 10.0. The molecule has 1 aromatic carbocycles. The molecule has 5 heteroatoms. The lowest BCUT2D eigenvalue weighted by molar-refractivity contribution is 0.0658. The van der Waals surface area contributed by atoms with Crippen LogP contribution in [0, 0.1) is 19.8 Å². The highest BCUT2D eigenvalue weighted by Gasteiger charge is 2.39. The van der Waals surface area contributed by atoms with Crippen LogP contribution in [-0.2, 0) is 9.84 Å². The molecule has 2 rings (SSSR count). The van der Waals surface area contributed by atoms with Crippen molar-refractivity contribution in [2.24, 2.45) is 5.92 Å². The first kappa shape index (κ1) is 16.0. The van der Waals surface area contributed by atoms with Gasteiger partial charge in [-0.1, -0.05) is 31.0 Å². The monoisotopic (exact) mass is 309 g/mol. The van der Waals surface area contributed by atoms with Crippen LogP contribution in [0.2, 0.25) is 0 Å². The Morgan fingerprint density at radius 3 is 2.19 bits per heavy atom. The first-order chi connectivity index (χ1) is 9.69. The van der Waals surface area contributed by atoms with Crippen molar-refractivity contribution >= 4 is 15.7 Å². The second-order valence-corrected chi connectivity index (χ2v) is 8.76. The third-order valence-electron chi connectivity index (χ3n) is 3.68. The summed E-state index contributed by atoms with van der Waals surface area (Å²) in [6.45, 7) is 8.34. The number of carbonyl (C=O) groups excluding carboxylic acids is 1. The minimum Gasteiger partial charge on any atom is -0.336 e. The molecule has 21 heavy (non-hydrogen) atoms. The fourth-order valence-electron chi connectivity index (χ4n) is 2.71. The molecular weight excluding hydrogens is 286 g/mol. The number of rotatable bonds is 4. The van der Waals surface area contributed by atoms with Gasteiger partial charge in [-0.25, -0.2) is 8.42 Å². The Labute approximate surface area is 127 Å². The van der Waals surface area contributed by atoms with Gasteiger partial charge >= 0.3 is 0 Å². The van der Waals surface area contributed by atoms with E-state index < -0.39 is 15.1 Å². The Morgan fingerprint density at radius 1 is 1.19 bits per heavy atom. The van der Waals surface area contributed by atoms with E-state index in [-0.39, 0.29) is 17.6 Å². The van der Waals surface area contributed by atoms with Gasteiger partial charge in [0.1, 0.15) is 0 Å². The molecule has 1 aliphatic rings. The molecule has 0 unspecified atom stereocenters. The molecule has 4 nitrogen and oxygen atoms in total. The summed E-state index contributed by atoms with van der Waals surface area (Å²) in [5, 5.41) is -0.394. The van der Waals surface area contributed by atoms with Gasteiger partial charge < -0.3 is 4.90 Å². The van der Waals surface area contributed by atoms with E-state index in [1.54, 1.807) is 4.90 Å². The highest BCUT2D eigenvalue weighted by Crippen LogP contribution is 2.22. The van der Waals surface area contributed by atoms with E-state index in [0.29, 0.717) is 18.7 Å². The average molecular weight is 309 g/mol. The maximum absolute atomic E-state index is 12.4. The van der Waals surface area contributed by atoms with Crippen molar-refractivity contribution in [1.29, 1.82) is 0 Å². The summed E-state index contributed by atoms with van der Waals surface area (Å²) in [5.74, 6) is 0.250. The van der Waals surface area contributed by atoms with Gasteiger partial charge in [0.15, 0.2) is 9.84 Å². The van der Waals surface area contributed by atoms with E-state index in [0.717, 1.165) is 11.1 Å². The number of hydrogen-bond donors (Lipinski definition) is 0. The normalized spacial score (nSPS) is 16.1. The van der Waals surface area contributed by atoms with Crippen molar-refractivity contribution in [1.82, 2.24) is 4.90 Å². The SMILES string of the molecule is Cc1cc(C)cc(C(=O)N2CC(S(=O)(=O)CC(C)C)C2)c1. The van der Waals surface area contributed by atoms with Crippen LogP contribution < -0.4 is 0 Å². The fraction of sp³-hybridized carbons (Fsp3) is 0.562. The van der Waals surface area contributed by atoms with E-state index in [4.69, 9.17) is 0 Å². The number of likely N-dealkylation sites (tertiary alicyclic amines) is 1. The average Bonchev–Trinajstić information content (AvgIpc) is 2.22. The van der Waals surface area contributed by atoms with Gasteiger partial charge in [0.05, 0.1) is 11.0 Å². The van der Waals surface area contributed by atoms with Crippen LogP contribution in [0.5, 0.6) is 0 Å². The molecule has 1 aliphatic heterocycles. The van der Waals surface area contributed by atoms with E-state index in [1.807, 2.05) is 45.9 Å². The Bertz CT molecular complexity index is 623. The molecule has 1 saturated heterocycles. The highest BCUT2D eigenvalue weighted by atomic mass is 32.2. The zero-order valence-corrected chi connectivity index (χ0v) is 13.9. The first-order valence-corrected chi connectivity index (χ1v) is 8.99. The molecule has 1 amide bonds. The van der Waals surface area contributed by atoms with Gasteiger partial charge in [-0.15, -0.1) is 0 Å². The minimum atomic E-state index is -3.08. The smallest absolute Gasteiger partial charge is 0.253 e. The molecule has 0 bridgehead atoms. The van der Waals surface area contributed by atoms with Gasteiger partial charge in [-0.3, -0.25) is 4.79 Å². The van der Waals surface area contributed by atoms with Crippen molar-refractivity contribution in [3.8, 4) is 0 Å². The summed E-state index contributed by atoms with van der Waals surface area (Å²) in [6.07, 6.45) is 0. The zero-order valence-electron chi connectivity index (χ0n) is 13.1. The van der Waals surface area contributed by atoms with Gasteiger partial charge in [-0.2, -0.15) is 0 Å². The molecule has 1 fully saturated rings. The Kier molecular flexibility index (Phi) is 4.42. The van der Waals surface area contributed by atoms with Gasteiger partial charge in [0.2, 0.25) is 0 Å². The lowest BCUT2D eigenvalue weighted by Gasteiger charge is -2.39. The maximum Gasteiger partial charge on any atom is 0.253 e. The summed E-state index contributed by atoms with van der Waals surface area (Å²) in [5.41, 5.74) is 2.73. The van der Waals surface area contributed by atoms with Crippen LogP contribution in [0.3, 0.4) is 0 Å². The third kappa shape index (κ3) is 3.64. The molecule has 0 saturated carbocycles. The Balaban J connectivity index is 2.03. The van der Waals surface area contributed by atoms with Crippen molar-refractivity contribution in [2.45, 2.75) is 32.9 Å². The Morgan fingerprint density at radius 2 is 1.71 bits per heavy atom. The lowest BCUT2D eigenvalue weighted by Crippen LogP contribution is -2.57. The molecule has 0 spiro atoms. The topological polar surface area (TPSA) is 54.5 Å². The number of benzene rings is 1. The maximum atomic E-state index is 12.4. The molecule has 0 aliphatic carbocycles. The summed E-state index contributed by atoms with van der Waals surface area (Å²) in [7, 11) is -3.08. The van der Waals surface area contributed by atoms with Gasteiger partial charge in [0.25, 0.3) is 5.91 Å². The molecule has 116 valence electrons. The molecule has 0 N–H and O–H groups in total. The minimum absolute atomic E-state index is 0.0715. The van der Waals surface area contributed by atoms with E-state index >= 15 is 0 Å². The van der Waals surface area contributed by atoms with Gasteiger partial charge in [0, 0.05) is 18.7 Å². The number of nitrogens with zero attached hydrogens (tertiary/aromatic N) is 1. The second kappa shape index (κ2) is 5.79. The van der Waals surface area contributed by atoms with Gasteiger partial charge in [-0.05, 0) is 31.9 Å². The number of carbonyl (C=O) groups is 1. The van der Waals surface area contributed by atoms with Crippen LogP contribution in [-0.4, -0.2) is 43.3 Å². The van der Waals surface area contributed by atoms with Crippen LogP contribution in [0.15, 0.2) is 18.2 Å². The van der Waals surface area contributed by atoms with E-state index in [9.17, 15) is 13.2 Å². The van der Waals surface area contributed by atoms with Crippen molar-refractivity contribution in [3.63, 3.8) is 0 Å². The molecular formula is C16H23NO3S. The highest BCUT2D eigenvalue weighted by molar-refractivity contribution is 7.92. The van der Waals surface area contributed by atoms with Crippen LogP contribution in [0.4, 0.5) is 0 Å². The molecule has 1 aromatic rings. The fourth-order valence-corrected chi connectivity index (χ4v) is 4.73. The van der Waals surface area contributed by atoms with E-state index in [1.165, 1.54) is 0 Å². The molecule has 0 atom stereocenters. The first-order valence-electron chi connectivity index (χ1n) is 7.28. The number of aryl methyl sites for hydroxylation is 2. The summed E-state index contributed by atoms with van der Waals surface area (Å²) >= 11 is 0. The quantitative estimate of drug-likeness (QED) is 0.857.